The molecule has 82 valence electrons. The van der Waals surface area contributed by atoms with Gasteiger partial charge in [-0.1, -0.05) is 11.6 Å². The molecular formula is C9H8ClN5O. The lowest BCUT2D eigenvalue weighted by Gasteiger charge is -2.08. The average molecular weight is 238 g/mol. The number of aromatic nitrogens is 4. The van der Waals surface area contributed by atoms with E-state index in [9.17, 15) is 4.79 Å². The first-order valence-electron chi connectivity index (χ1n) is 4.50. The van der Waals surface area contributed by atoms with Crippen LogP contribution in [0.15, 0.2) is 24.5 Å². The molecule has 16 heavy (non-hydrogen) atoms. The molecule has 1 amide bonds. The first kappa shape index (κ1) is 10.6. The van der Waals surface area contributed by atoms with E-state index < -0.39 is 0 Å². The summed E-state index contributed by atoms with van der Waals surface area (Å²) in [4.78, 5) is 10.3. The third-order valence-corrected chi connectivity index (χ3v) is 2.25. The molecule has 0 atom stereocenters. The Morgan fingerprint density at radius 3 is 3.06 bits per heavy atom. The summed E-state index contributed by atoms with van der Waals surface area (Å²) >= 11 is 5.88. The second-order valence-electron chi connectivity index (χ2n) is 3.03. The van der Waals surface area contributed by atoms with Crippen molar-refractivity contribution < 1.29 is 4.79 Å². The maximum Gasteiger partial charge on any atom is 0.207 e. The van der Waals surface area contributed by atoms with Crippen LogP contribution in [0.25, 0.3) is 5.69 Å². The summed E-state index contributed by atoms with van der Waals surface area (Å²) in [6, 6.07) is 5.29. The number of carbonyl (C=O) groups is 1. The minimum atomic E-state index is 0.374. The Balaban J connectivity index is 2.39. The smallest absolute Gasteiger partial charge is 0.207 e. The van der Waals surface area contributed by atoms with Gasteiger partial charge in [0.1, 0.15) is 6.33 Å². The summed E-state index contributed by atoms with van der Waals surface area (Å²) in [6.45, 7) is 0.374. The molecule has 0 radical (unpaired) electrons. The fourth-order valence-corrected chi connectivity index (χ4v) is 1.54. The fourth-order valence-electron chi connectivity index (χ4n) is 1.34. The van der Waals surface area contributed by atoms with E-state index in [0.717, 1.165) is 11.3 Å². The predicted octanol–water partition coefficient (Wildman–Crippen LogP) is 0.562. The third-order valence-electron chi connectivity index (χ3n) is 2.01. The van der Waals surface area contributed by atoms with E-state index in [1.807, 2.05) is 0 Å². The minimum absolute atomic E-state index is 0.374. The number of nitrogens with one attached hydrogen (secondary N) is 1. The van der Waals surface area contributed by atoms with Crippen molar-refractivity contribution in [2.75, 3.05) is 0 Å². The Morgan fingerprint density at radius 2 is 2.38 bits per heavy atom. The number of carbonyl (C=O) groups excluding carboxylic acids is 1. The van der Waals surface area contributed by atoms with Crippen LogP contribution in [0.1, 0.15) is 5.56 Å². The highest BCUT2D eigenvalue weighted by molar-refractivity contribution is 6.30. The van der Waals surface area contributed by atoms with Crippen molar-refractivity contribution in [2.45, 2.75) is 6.54 Å². The van der Waals surface area contributed by atoms with Gasteiger partial charge in [-0.2, -0.15) is 0 Å². The number of halogens is 1. The lowest BCUT2D eigenvalue weighted by Crippen LogP contribution is -2.12. The van der Waals surface area contributed by atoms with Crippen molar-refractivity contribution in [3.63, 3.8) is 0 Å². The average Bonchev–Trinajstić information content (AvgIpc) is 2.80. The molecule has 0 aliphatic rings. The van der Waals surface area contributed by atoms with Crippen LogP contribution in [0, 0.1) is 0 Å². The molecule has 1 heterocycles. The van der Waals surface area contributed by atoms with Crippen molar-refractivity contribution in [3.8, 4) is 5.69 Å². The number of rotatable bonds is 4. The molecule has 0 aliphatic heterocycles. The molecular weight excluding hydrogens is 230 g/mol. The fraction of sp³-hybridized carbons (Fsp3) is 0.111. The highest BCUT2D eigenvalue weighted by Crippen LogP contribution is 2.18. The molecule has 0 bridgehead atoms. The van der Waals surface area contributed by atoms with Gasteiger partial charge in [0, 0.05) is 11.6 Å². The molecule has 1 aromatic carbocycles. The Morgan fingerprint density at radius 1 is 1.50 bits per heavy atom. The topological polar surface area (TPSA) is 72.7 Å². The molecule has 0 saturated carbocycles. The number of tetrazole rings is 1. The van der Waals surface area contributed by atoms with Gasteiger partial charge in [-0.25, -0.2) is 4.68 Å². The van der Waals surface area contributed by atoms with Crippen LogP contribution >= 0.6 is 11.6 Å². The SMILES string of the molecule is O=CNCc1cc(Cl)ccc1-n1cnnn1. The van der Waals surface area contributed by atoms with Crippen LogP contribution in [0.5, 0.6) is 0 Å². The van der Waals surface area contributed by atoms with Crippen LogP contribution in [0.4, 0.5) is 0 Å². The van der Waals surface area contributed by atoms with Crippen molar-refractivity contribution in [2.24, 2.45) is 0 Å². The maximum atomic E-state index is 10.3. The standard InChI is InChI=1S/C9H8ClN5O/c10-8-1-2-9(15-5-12-13-14-15)7(3-8)4-11-6-16/h1-3,5-6H,4H2,(H,11,16). The summed E-state index contributed by atoms with van der Waals surface area (Å²) in [7, 11) is 0. The molecule has 6 nitrogen and oxygen atoms in total. The summed E-state index contributed by atoms with van der Waals surface area (Å²) in [6.07, 6.45) is 2.11. The molecule has 0 fully saturated rings. The van der Waals surface area contributed by atoms with E-state index in [-0.39, 0.29) is 0 Å². The molecule has 0 unspecified atom stereocenters. The van der Waals surface area contributed by atoms with Crippen LogP contribution in [0.2, 0.25) is 5.02 Å². The first-order chi connectivity index (χ1) is 7.81. The van der Waals surface area contributed by atoms with E-state index in [4.69, 9.17) is 11.6 Å². The largest absolute Gasteiger partial charge is 0.355 e. The number of amides is 1. The Labute approximate surface area is 96.2 Å². The Hall–Kier alpha value is -1.95. The second-order valence-corrected chi connectivity index (χ2v) is 3.46. The van der Waals surface area contributed by atoms with Crippen LogP contribution in [-0.2, 0) is 11.3 Å². The summed E-state index contributed by atoms with van der Waals surface area (Å²) in [5.41, 5.74) is 1.62. The first-order valence-corrected chi connectivity index (χ1v) is 4.88. The van der Waals surface area contributed by atoms with Crippen molar-refractivity contribution >= 4 is 18.0 Å². The molecule has 7 heteroatoms. The minimum Gasteiger partial charge on any atom is -0.355 e. The lowest BCUT2D eigenvalue weighted by molar-refractivity contribution is -0.109. The predicted molar refractivity (Wildman–Crippen MR) is 57.1 cm³/mol. The summed E-state index contributed by atoms with van der Waals surface area (Å²) in [5, 5.41) is 14.1. The number of benzene rings is 1. The van der Waals surface area contributed by atoms with Gasteiger partial charge in [-0.3, -0.25) is 4.79 Å². The highest BCUT2D eigenvalue weighted by Gasteiger charge is 2.06. The van der Waals surface area contributed by atoms with Gasteiger partial charge < -0.3 is 5.32 Å². The van der Waals surface area contributed by atoms with Crippen LogP contribution < -0.4 is 5.32 Å². The Kier molecular flexibility index (Phi) is 3.11. The zero-order valence-corrected chi connectivity index (χ0v) is 8.92. The van der Waals surface area contributed by atoms with E-state index in [0.29, 0.717) is 18.0 Å². The quantitative estimate of drug-likeness (QED) is 0.789. The van der Waals surface area contributed by atoms with Gasteiger partial charge in [-0.15, -0.1) is 5.10 Å². The maximum absolute atomic E-state index is 10.3. The van der Waals surface area contributed by atoms with Gasteiger partial charge in [0.2, 0.25) is 6.41 Å². The molecule has 0 aliphatic carbocycles. The third kappa shape index (κ3) is 2.17. The van der Waals surface area contributed by atoms with E-state index in [2.05, 4.69) is 20.8 Å². The highest BCUT2D eigenvalue weighted by atomic mass is 35.5. The van der Waals surface area contributed by atoms with Crippen molar-refractivity contribution in [3.05, 3.63) is 35.1 Å². The van der Waals surface area contributed by atoms with Gasteiger partial charge in [0.15, 0.2) is 0 Å². The van der Waals surface area contributed by atoms with Gasteiger partial charge >= 0.3 is 0 Å². The van der Waals surface area contributed by atoms with Crippen LogP contribution in [0.3, 0.4) is 0 Å². The summed E-state index contributed by atoms with van der Waals surface area (Å²) in [5.74, 6) is 0. The zero-order valence-electron chi connectivity index (χ0n) is 8.17. The Bertz CT molecular complexity index is 485. The van der Waals surface area contributed by atoms with Crippen molar-refractivity contribution in [1.82, 2.24) is 25.5 Å². The molecule has 2 rings (SSSR count). The number of nitrogens with zero attached hydrogens (tertiary/aromatic N) is 4. The molecule has 0 spiro atoms. The normalized spacial score (nSPS) is 10.1. The second kappa shape index (κ2) is 4.71. The summed E-state index contributed by atoms with van der Waals surface area (Å²) < 4.78 is 1.51. The van der Waals surface area contributed by atoms with E-state index in [1.165, 1.54) is 11.0 Å². The van der Waals surface area contributed by atoms with Gasteiger partial charge in [0.25, 0.3) is 0 Å². The molecule has 0 saturated heterocycles. The molecule has 1 aromatic heterocycles. The van der Waals surface area contributed by atoms with Gasteiger partial charge in [0.05, 0.1) is 5.69 Å². The van der Waals surface area contributed by atoms with Crippen molar-refractivity contribution in [1.29, 1.82) is 0 Å². The van der Waals surface area contributed by atoms with Gasteiger partial charge in [-0.05, 0) is 34.2 Å². The number of hydrogen-bond acceptors (Lipinski definition) is 4. The van der Waals surface area contributed by atoms with E-state index >= 15 is 0 Å². The molecule has 2 aromatic rings. The van der Waals surface area contributed by atoms with Crippen LogP contribution in [-0.4, -0.2) is 26.6 Å². The van der Waals surface area contributed by atoms with E-state index in [1.54, 1.807) is 18.2 Å². The monoisotopic (exact) mass is 237 g/mol. The number of hydrogen-bond donors (Lipinski definition) is 1. The lowest BCUT2D eigenvalue weighted by atomic mass is 10.2. The molecule has 1 N–H and O–H groups in total. The zero-order chi connectivity index (χ0) is 11.4.